The summed E-state index contributed by atoms with van der Waals surface area (Å²) in [6.07, 6.45) is 0. The van der Waals surface area contributed by atoms with Crippen LogP contribution in [0.25, 0.3) is 5.69 Å². The molecule has 0 bridgehead atoms. The molecule has 0 unspecified atom stereocenters. The second-order valence-electron chi connectivity index (χ2n) is 4.31. The van der Waals surface area contributed by atoms with Crippen LogP contribution in [0.1, 0.15) is 17.0 Å². The Morgan fingerprint density at radius 2 is 1.74 bits per heavy atom. The molecule has 1 aromatic heterocycles. The molecule has 6 heteroatoms. The van der Waals surface area contributed by atoms with Crippen LogP contribution in [0.2, 0.25) is 0 Å². The molecule has 2 rings (SSSR count). The Bertz CT molecular complexity index is 620. The summed E-state index contributed by atoms with van der Waals surface area (Å²) in [5, 5.41) is 7.16. The highest BCUT2D eigenvalue weighted by Crippen LogP contribution is 2.22. The van der Waals surface area contributed by atoms with Crippen LogP contribution in [0.5, 0.6) is 0 Å². The molecule has 1 N–H and O–H groups in total. The van der Waals surface area contributed by atoms with Gasteiger partial charge in [0.2, 0.25) is 0 Å². The van der Waals surface area contributed by atoms with E-state index in [1.165, 1.54) is 4.68 Å². The van der Waals surface area contributed by atoms with Gasteiger partial charge in [0.05, 0.1) is 5.69 Å². The van der Waals surface area contributed by atoms with Crippen LogP contribution >= 0.6 is 0 Å². The molecule has 3 nitrogen and oxygen atoms in total. The zero-order valence-electron chi connectivity index (χ0n) is 10.9. The van der Waals surface area contributed by atoms with Crippen molar-refractivity contribution in [2.24, 2.45) is 0 Å². The Labute approximate surface area is 109 Å². The zero-order chi connectivity index (χ0) is 14.2. The highest BCUT2D eigenvalue weighted by atomic mass is 19.2. The van der Waals surface area contributed by atoms with Crippen molar-refractivity contribution in [3.8, 4) is 5.69 Å². The molecule has 19 heavy (non-hydrogen) atoms. The predicted molar refractivity (Wildman–Crippen MR) is 65.7 cm³/mol. The van der Waals surface area contributed by atoms with E-state index in [9.17, 15) is 13.2 Å². The van der Waals surface area contributed by atoms with E-state index in [2.05, 4.69) is 10.4 Å². The fourth-order valence-electron chi connectivity index (χ4n) is 2.02. The summed E-state index contributed by atoms with van der Waals surface area (Å²) in [4.78, 5) is 0. The van der Waals surface area contributed by atoms with Crippen molar-refractivity contribution in [3.05, 3.63) is 46.5 Å². The largest absolute Gasteiger partial charge is 0.316 e. The molecule has 0 aliphatic carbocycles. The van der Waals surface area contributed by atoms with Gasteiger partial charge in [-0.25, -0.2) is 17.9 Å². The van der Waals surface area contributed by atoms with Crippen LogP contribution in [0.15, 0.2) is 12.1 Å². The van der Waals surface area contributed by atoms with Gasteiger partial charge in [0.25, 0.3) is 0 Å². The van der Waals surface area contributed by atoms with E-state index in [0.29, 0.717) is 18.3 Å². The van der Waals surface area contributed by atoms with Gasteiger partial charge in [0, 0.05) is 29.9 Å². The fourth-order valence-corrected chi connectivity index (χ4v) is 2.02. The van der Waals surface area contributed by atoms with Crippen LogP contribution in [0, 0.1) is 31.3 Å². The van der Waals surface area contributed by atoms with Gasteiger partial charge in [-0.1, -0.05) is 0 Å². The summed E-state index contributed by atoms with van der Waals surface area (Å²) in [6.45, 7) is 4.12. The molecule has 0 radical (unpaired) electrons. The van der Waals surface area contributed by atoms with E-state index in [4.69, 9.17) is 0 Å². The molecule has 1 aromatic carbocycles. The summed E-state index contributed by atoms with van der Waals surface area (Å²) in [6, 6.07) is 1.34. The number of hydrogen-bond acceptors (Lipinski definition) is 2. The normalized spacial score (nSPS) is 11.1. The lowest BCUT2D eigenvalue weighted by molar-refractivity contribution is 0.491. The number of halogens is 3. The third-order valence-corrected chi connectivity index (χ3v) is 3.01. The van der Waals surface area contributed by atoms with Gasteiger partial charge in [0.1, 0.15) is 5.69 Å². The first-order chi connectivity index (χ1) is 8.95. The Hall–Kier alpha value is -1.82. The lowest BCUT2D eigenvalue weighted by Gasteiger charge is -2.07. The van der Waals surface area contributed by atoms with Crippen LogP contribution < -0.4 is 5.32 Å². The number of hydrogen-bond donors (Lipinski definition) is 1. The molecular formula is C13H14F3N3. The number of aryl methyl sites for hydroxylation is 1. The van der Waals surface area contributed by atoms with Crippen molar-refractivity contribution in [1.82, 2.24) is 15.1 Å². The fraction of sp³-hybridized carbons (Fsp3) is 0.308. The van der Waals surface area contributed by atoms with E-state index < -0.39 is 17.5 Å². The molecule has 0 aliphatic rings. The lowest BCUT2D eigenvalue weighted by Crippen LogP contribution is -2.08. The van der Waals surface area contributed by atoms with E-state index >= 15 is 0 Å². The van der Waals surface area contributed by atoms with Crippen LogP contribution in [0.3, 0.4) is 0 Å². The van der Waals surface area contributed by atoms with E-state index in [0.717, 1.165) is 17.3 Å². The third kappa shape index (κ3) is 2.35. The standard InChI is InChI=1S/C13H14F3N3/c1-7-9(6-17-3)8(2)19(18-7)13-5-11(15)10(14)4-12(13)16/h4-5,17H,6H2,1-3H3. The molecule has 0 atom stereocenters. The van der Waals surface area contributed by atoms with Crippen molar-refractivity contribution < 1.29 is 13.2 Å². The average molecular weight is 269 g/mol. The average Bonchev–Trinajstić information content (AvgIpc) is 2.62. The first kappa shape index (κ1) is 13.6. The van der Waals surface area contributed by atoms with Crippen molar-refractivity contribution in [3.63, 3.8) is 0 Å². The summed E-state index contributed by atoms with van der Waals surface area (Å²) in [7, 11) is 1.79. The molecule has 0 saturated carbocycles. The number of benzene rings is 1. The van der Waals surface area contributed by atoms with E-state index in [1.54, 1.807) is 20.9 Å². The second-order valence-corrected chi connectivity index (χ2v) is 4.31. The molecule has 102 valence electrons. The zero-order valence-corrected chi connectivity index (χ0v) is 10.9. The Morgan fingerprint density at radius 3 is 2.37 bits per heavy atom. The molecule has 1 heterocycles. The molecule has 2 aromatic rings. The minimum Gasteiger partial charge on any atom is -0.316 e. The predicted octanol–water partition coefficient (Wildman–Crippen LogP) is 2.63. The van der Waals surface area contributed by atoms with Crippen molar-refractivity contribution in [1.29, 1.82) is 0 Å². The van der Waals surface area contributed by atoms with Gasteiger partial charge >= 0.3 is 0 Å². The Kier molecular flexibility index (Phi) is 3.61. The van der Waals surface area contributed by atoms with Gasteiger partial charge in [-0.05, 0) is 20.9 Å². The van der Waals surface area contributed by atoms with Gasteiger partial charge in [0.15, 0.2) is 17.5 Å². The number of nitrogens with zero attached hydrogens (tertiary/aromatic N) is 2. The number of aromatic nitrogens is 2. The van der Waals surface area contributed by atoms with Crippen LogP contribution in [0.4, 0.5) is 13.2 Å². The summed E-state index contributed by atoms with van der Waals surface area (Å²) in [5.74, 6) is -3.15. The molecule has 0 spiro atoms. The number of rotatable bonds is 3. The Balaban J connectivity index is 2.60. The van der Waals surface area contributed by atoms with Crippen LogP contribution in [-0.4, -0.2) is 16.8 Å². The SMILES string of the molecule is CNCc1c(C)nn(-c2cc(F)c(F)cc2F)c1C. The Morgan fingerprint density at radius 1 is 1.11 bits per heavy atom. The molecule has 0 saturated heterocycles. The van der Waals surface area contributed by atoms with E-state index in [1.807, 2.05) is 0 Å². The summed E-state index contributed by atoms with van der Waals surface area (Å²) >= 11 is 0. The van der Waals surface area contributed by atoms with Crippen molar-refractivity contribution in [2.75, 3.05) is 7.05 Å². The smallest absolute Gasteiger partial charge is 0.161 e. The lowest BCUT2D eigenvalue weighted by atomic mass is 10.2. The maximum atomic E-state index is 13.7. The second kappa shape index (κ2) is 5.05. The van der Waals surface area contributed by atoms with Gasteiger partial charge < -0.3 is 5.32 Å². The topological polar surface area (TPSA) is 29.9 Å². The van der Waals surface area contributed by atoms with Crippen molar-refractivity contribution >= 4 is 0 Å². The van der Waals surface area contributed by atoms with Gasteiger partial charge in [-0.2, -0.15) is 5.10 Å². The first-order valence-electron chi connectivity index (χ1n) is 5.80. The summed E-state index contributed by atoms with van der Waals surface area (Å²) in [5.41, 5.74) is 2.22. The third-order valence-electron chi connectivity index (χ3n) is 3.01. The molecule has 0 fully saturated rings. The minimum absolute atomic E-state index is 0.0955. The first-order valence-corrected chi connectivity index (χ1v) is 5.80. The monoisotopic (exact) mass is 269 g/mol. The minimum atomic E-state index is -1.21. The van der Waals surface area contributed by atoms with Crippen LogP contribution in [-0.2, 0) is 6.54 Å². The maximum absolute atomic E-state index is 13.7. The number of nitrogens with one attached hydrogen (secondary N) is 1. The van der Waals surface area contributed by atoms with Crippen molar-refractivity contribution in [2.45, 2.75) is 20.4 Å². The van der Waals surface area contributed by atoms with Gasteiger partial charge in [-0.3, -0.25) is 0 Å². The maximum Gasteiger partial charge on any atom is 0.161 e. The molecule has 0 amide bonds. The molecular weight excluding hydrogens is 255 g/mol. The van der Waals surface area contributed by atoms with E-state index in [-0.39, 0.29) is 5.69 Å². The highest BCUT2D eigenvalue weighted by Gasteiger charge is 2.17. The van der Waals surface area contributed by atoms with Gasteiger partial charge in [-0.15, -0.1) is 0 Å². The summed E-state index contributed by atoms with van der Waals surface area (Å²) < 4.78 is 41.2. The quantitative estimate of drug-likeness (QED) is 0.868. The highest BCUT2D eigenvalue weighted by molar-refractivity contribution is 5.39. The molecule has 0 aliphatic heterocycles.